The summed E-state index contributed by atoms with van der Waals surface area (Å²) in [4.78, 5) is 5.40. The SMILES string of the molecule is Cc1ccc2c(c1)C1C(O2)c2ccccc2-c2nc3cc(C4CCCCC4)c(C4CCCCC4)cc3n21. The van der Waals surface area contributed by atoms with E-state index in [1.165, 1.54) is 97.5 Å². The van der Waals surface area contributed by atoms with Crippen LogP contribution in [-0.2, 0) is 0 Å². The van der Waals surface area contributed by atoms with Gasteiger partial charge in [0.05, 0.1) is 11.0 Å². The highest BCUT2D eigenvalue weighted by Gasteiger charge is 2.44. The van der Waals surface area contributed by atoms with Crippen molar-refractivity contribution in [3.05, 3.63) is 82.4 Å². The van der Waals surface area contributed by atoms with E-state index in [4.69, 9.17) is 9.72 Å². The van der Waals surface area contributed by atoms with Crippen LogP contribution >= 0.6 is 0 Å². The van der Waals surface area contributed by atoms with Crippen LogP contribution in [0.3, 0.4) is 0 Å². The largest absolute Gasteiger partial charge is 0.483 e. The predicted octanol–water partition coefficient (Wildman–Crippen LogP) is 9.14. The molecule has 2 aliphatic heterocycles. The van der Waals surface area contributed by atoms with Crippen LogP contribution in [-0.4, -0.2) is 9.55 Å². The number of rotatable bonds is 2. The smallest absolute Gasteiger partial charge is 0.149 e. The first-order chi connectivity index (χ1) is 18.3. The molecule has 0 N–H and O–H groups in total. The molecule has 4 aliphatic rings. The molecule has 2 fully saturated rings. The molecule has 3 nitrogen and oxygen atoms in total. The van der Waals surface area contributed by atoms with Crippen LogP contribution in [0.15, 0.2) is 54.6 Å². The number of imidazole rings is 1. The molecule has 2 atom stereocenters. The number of aromatic nitrogens is 2. The zero-order chi connectivity index (χ0) is 24.5. The maximum Gasteiger partial charge on any atom is 0.149 e. The van der Waals surface area contributed by atoms with Crippen LogP contribution in [0.5, 0.6) is 5.75 Å². The van der Waals surface area contributed by atoms with Crippen LogP contribution in [0.25, 0.3) is 22.4 Å². The molecule has 0 spiro atoms. The molecule has 2 saturated carbocycles. The molecule has 3 heterocycles. The highest BCUT2D eigenvalue weighted by atomic mass is 16.5. The van der Waals surface area contributed by atoms with Gasteiger partial charge < -0.3 is 9.30 Å². The fourth-order valence-electron chi connectivity index (χ4n) is 8.01. The lowest BCUT2D eigenvalue weighted by Gasteiger charge is -2.31. The van der Waals surface area contributed by atoms with Crippen LogP contribution in [0.2, 0.25) is 0 Å². The first-order valence-electron chi connectivity index (χ1n) is 14.7. The normalized spacial score (nSPS) is 23.3. The summed E-state index contributed by atoms with van der Waals surface area (Å²) in [5.41, 5.74) is 10.8. The van der Waals surface area contributed by atoms with Gasteiger partial charge in [0.1, 0.15) is 23.7 Å². The molecule has 4 aromatic rings. The van der Waals surface area contributed by atoms with Crippen molar-refractivity contribution in [1.29, 1.82) is 0 Å². The van der Waals surface area contributed by atoms with Crippen molar-refractivity contribution in [2.75, 3.05) is 0 Å². The Morgan fingerprint density at radius 2 is 1.43 bits per heavy atom. The van der Waals surface area contributed by atoms with Crippen LogP contribution in [0.1, 0.15) is 116 Å². The lowest BCUT2D eigenvalue weighted by molar-refractivity contribution is 0.195. The van der Waals surface area contributed by atoms with Gasteiger partial charge in [0.2, 0.25) is 0 Å². The first kappa shape index (κ1) is 22.0. The first-order valence-corrected chi connectivity index (χ1v) is 14.7. The van der Waals surface area contributed by atoms with Crippen molar-refractivity contribution in [3.8, 4) is 17.1 Å². The minimum Gasteiger partial charge on any atom is -0.483 e. The topological polar surface area (TPSA) is 27.1 Å². The summed E-state index contributed by atoms with van der Waals surface area (Å²) in [7, 11) is 0. The van der Waals surface area contributed by atoms with Crippen LogP contribution < -0.4 is 4.74 Å². The lowest BCUT2D eigenvalue weighted by atomic mass is 9.76. The minimum absolute atomic E-state index is 0.00551. The number of hydrogen-bond donors (Lipinski definition) is 0. The highest BCUT2D eigenvalue weighted by molar-refractivity contribution is 5.85. The van der Waals surface area contributed by atoms with E-state index in [-0.39, 0.29) is 12.1 Å². The summed E-state index contributed by atoms with van der Waals surface area (Å²) >= 11 is 0. The third-order valence-corrected chi connectivity index (χ3v) is 9.80. The van der Waals surface area contributed by atoms with E-state index in [2.05, 4.69) is 66.1 Å². The summed E-state index contributed by atoms with van der Waals surface area (Å²) in [6.07, 6.45) is 13.6. The number of ether oxygens (including phenoxy) is 1. The van der Waals surface area contributed by atoms with E-state index >= 15 is 0 Å². The zero-order valence-electron chi connectivity index (χ0n) is 21.9. The monoisotopic (exact) mass is 488 g/mol. The molecule has 1 aromatic heterocycles. The Balaban J connectivity index is 1.39. The summed E-state index contributed by atoms with van der Waals surface area (Å²) in [5.74, 6) is 3.53. The van der Waals surface area contributed by atoms with Gasteiger partial charge in [0.25, 0.3) is 0 Å². The molecule has 8 rings (SSSR count). The highest BCUT2D eigenvalue weighted by Crippen LogP contribution is 2.55. The molecular formula is C34H36N2O. The van der Waals surface area contributed by atoms with Gasteiger partial charge >= 0.3 is 0 Å². The maximum atomic E-state index is 6.68. The summed E-state index contributed by atoms with van der Waals surface area (Å²) in [6, 6.07) is 20.7. The van der Waals surface area contributed by atoms with Gasteiger partial charge in [-0.05, 0) is 73.8 Å². The van der Waals surface area contributed by atoms with Crippen LogP contribution in [0, 0.1) is 6.92 Å². The third kappa shape index (κ3) is 3.35. The standard InChI is InChI=1S/C34H36N2O/c1-21-16-17-31-28(18-21)32-33(37-31)24-14-8-9-15-25(24)34-35-29-19-26(22-10-4-2-5-11-22)27(20-30(29)36(32)34)23-12-6-3-7-13-23/h8-9,14-20,22-23,32-33H,2-7,10-13H2,1H3. The Hall–Kier alpha value is -3.07. The minimum atomic E-state index is -0.00551. The number of aryl methyl sites for hydroxylation is 1. The Morgan fingerprint density at radius 3 is 2.19 bits per heavy atom. The molecule has 3 aromatic carbocycles. The second-order valence-corrected chi connectivity index (χ2v) is 12.1. The summed E-state index contributed by atoms with van der Waals surface area (Å²) in [6.45, 7) is 2.19. The number of hydrogen-bond acceptors (Lipinski definition) is 2. The fraction of sp³-hybridized carbons (Fsp3) is 0.441. The molecule has 188 valence electrons. The molecule has 0 bridgehead atoms. The second-order valence-electron chi connectivity index (χ2n) is 12.1. The van der Waals surface area contributed by atoms with Crippen LogP contribution in [0.4, 0.5) is 0 Å². The summed E-state index contributed by atoms with van der Waals surface area (Å²) < 4.78 is 9.23. The molecule has 3 heteroatoms. The van der Waals surface area contributed by atoms with Gasteiger partial charge in [-0.2, -0.15) is 0 Å². The Morgan fingerprint density at radius 1 is 0.730 bits per heavy atom. The Kier molecular flexibility index (Phi) is 5.03. The molecule has 0 radical (unpaired) electrons. The van der Waals surface area contributed by atoms with Gasteiger partial charge in [0, 0.05) is 16.7 Å². The van der Waals surface area contributed by atoms with E-state index in [1.54, 1.807) is 11.1 Å². The van der Waals surface area contributed by atoms with Gasteiger partial charge in [-0.25, -0.2) is 4.98 Å². The molecular weight excluding hydrogens is 452 g/mol. The molecule has 0 amide bonds. The van der Waals surface area contributed by atoms with E-state index in [1.807, 2.05) is 0 Å². The second kappa shape index (κ2) is 8.48. The van der Waals surface area contributed by atoms with E-state index in [9.17, 15) is 0 Å². The van der Waals surface area contributed by atoms with Gasteiger partial charge in [-0.3, -0.25) is 0 Å². The Bertz CT molecular complexity index is 1500. The van der Waals surface area contributed by atoms with Gasteiger partial charge in [-0.1, -0.05) is 80.5 Å². The maximum absolute atomic E-state index is 6.68. The van der Waals surface area contributed by atoms with Gasteiger partial charge in [-0.15, -0.1) is 0 Å². The fourth-order valence-corrected chi connectivity index (χ4v) is 8.01. The molecule has 37 heavy (non-hydrogen) atoms. The molecule has 0 saturated heterocycles. The van der Waals surface area contributed by atoms with Crippen molar-refractivity contribution < 1.29 is 4.74 Å². The average Bonchev–Trinajstić information content (AvgIpc) is 3.51. The lowest BCUT2D eigenvalue weighted by Crippen LogP contribution is -2.23. The number of fused-ring (bicyclic) bond motifs is 10. The van der Waals surface area contributed by atoms with Crippen molar-refractivity contribution in [2.45, 2.75) is 95.1 Å². The molecule has 2 unspecified atom stereocenters. The average molecular weight is 489 g/mol. The van der Waals surface area contributed by atoms with E-state index in [0.717, 1.165) is 11.6 Å². The van der Waals surface area contributed by atoms with Crippen molar-refractivity contribution >= 4 is 11.0 Å². The number of nitrogens with zero attached hydrogens (tertiary/aromatic N) is 2. The van der Waals surface area contributed by atoms with Crippen molar-refractivity contribution in [3.63, 3.8) is 0 Å². The van der Waals surface area contributed by atoms with E-state index in [0.29, 0.717) is 11.8 Å². The molecule has 2 aliphatic carbocycles. The van der Waals surface area contributed by atoms with Gasteiger partial charge in [0.15, 0.2) is 0 Å². The third-order valence-electron chi connectivity index (χ3n) is 9.80. The Labute approximate surface area is 219 Å². The number of benzene rings is 3. The van der Waals surface area contributed by atoms with E-state index < -0.39 is 0 Å². The zero-order valence-corrected chi connectivity index (χ0v) is 21.9. The van der Waals surface area contributed by atoms with Crippen molar-refractivity contribution in [1.82, 2.24) is 9.55 Å². The van der Waals surface area contributed by atoms with Crippen molar-refractivity contribution in [2.24, 2.45) is 0 Å². The quantitative estimate of drug-likeness (QED) is 0.281. The predicted molar refractivity (Wildman–Crippen MR) is 150 cm³/mol. The summed E-state index contributed by atoms with van der Waals surface area (Å²) in [5, 5.41) is 0.